The standard InChI is InChI=1S/C24H22N4O6/c1-12-26-28-24(33-12)14-4-2-13(3-5-14)16-8-15(20-17(9-16)10-25-27-20)6-7-18-21(30)23(32)22(31)19(11-29)34-18/h2-5,8-10,18-19,21-23,29-32H,11H2,1H3,(H,25,27)/t18?,19?,21?,22-,23?/m1/s1. The van der Waals surface area contributed by atoms with Crippen molar-refractivity contribution < 1.29 is 29.6 Å². The van der Waals surface area contributed by atoms with Crippen LogP contribution in [0.15, 0.2) is 47.0 Å². The van der Waals surface area contributed by atoms with Gasteiger partial charge in [-0.05, 0) is 35.4 Å². The molecule has 2 aromatic heterocycles. The molecule has 4 aromatic rings. The van der Waals surface area contributed by atoms with E-state index in [0.29, 0.717) is 22.9 Å². The van der Waals surface area contributed by atoms with Crippen molar-refractivity contribution >= 4 is 10.9 Å². The van der Waals surface area contributed by atoms with Crippen molar-refractivity contribution in [3.05, 3.63) is 54.0 Å². The molecule has 5 atom stereocenters. The number of aryl methyl sites for hydroxylation is 1. The Morgan fingerprint density at radius 1 is 0.971 bits per heavy atom. The van der Waals surface area contributed by atoms with E-state index in [1.807, 2.05) is 36.4 Å². The number of aliphatic hydroxyl groups excluding tert-OH is 4. The van der Waals surface area contributed by atoms with Gasteiger partial charge in [0.1, 0.15) is 30.5 Å². The summed E-state index contributed by atoms with van der Waals surface area (Å²) in [7, 11) is 0. The maximum absolute atomic E-state index is 10.3. The second kappa shape index (κ2) is 8.98. The van der Waals surface area contributed by atoms with Gasteiger partial charge < -0.3 is 29.6 Å². The summed E-state index contributed by atoms with van der Waals surface area (Å²) < 4.78 is 11.0. The Morgan fingerprint density at radius 2 is 1.74 bits per heavy atom. The fourth-order valence-corrected chi connectivity index (χ4v) is 3.91. The Labute approximate surface area is 193 Å². The molecule has 0 radical (unpaired) electrons. The van der Waals surface area contributed by atoms with Gasteiger partial charge in [-0.1, -0.05) is 24.0 Å². The number of H-pyrrole nitrogens is 1. The lowest BCUT2D eigenvalue weighted by Gasteiger charge is -2.37. The highest BCUT2D eigenvalue weighted by atomic mass is 16.5. The van der Waals surface area contributed by atoms with Crippen molar-refractivity contribution in [1.29, 1.82) is 0 Å². The zero-order valence-corrected chi connectivity index (χ0v) is 18.1. The van der Waals surface area contributed by atoms with E-state index in [-0.39, 0.29) is 0 Å². The van der Waals surface area contributed by atoms with Crippen LogP contribution < -0.4 is 0 Å². The first kappa shape index (κ1) is 22.2. The predicted molar refractivity (Wildman–Crippen MR) is 120 cm³/mol. The Hall–Kier alpha value is -3.59. The van der Waals surface area contributed by atoms with Gasteiger partial charge in [-0.3, -0.25) is 5.10 Å². The molecule has 10 nitrogen and oxygen atoms in total. The van der Waals surface area contributed by atoms with Crippen LogP contribution in [0, 0.1) is 18.8 Å². The van der Waals surface area contributed by atoms with Crippen molar-refractivity contribution in [1.82, 2.24) is 20.4 Å². The maximum Gasteiger partial charge on any atom is 0.247 e. The molecule has 0 aliphatic carbocycles. The topological polar surface area (TPSA) is 158 Å². The lowest BCUT2D eigenvalue weighted by Crippen LogP contribution is -2.58. The van der Waals surface area contributed by atoms with E-state index in [0.717, 1.165) is 22.1 Å². The number of rotatable bonds is 3. The van der Waals surface area contributed by atoms with Crippen molar-refractivity contribution in [2.45, 2.75) is 37.4 Å². The minimum atomic E-state index is -1.48. The van der Waals surface area contributed by atoms with Crippen LogP contribution in [0.25, 0.3) is 33.5 Å². The highest BCUT2D eigenvalue weighted by Crippen LogP contribution is 2.29. The van der Waals surface area contributed by atoms with E-state index in [9.17, 15) is 20.4 Å². The van der Waals surface area contributed by atoms with Crippen LogP contribution in [0.4, 0.5) is 0 Å². The fourth-order valence-electron chi connectivity index (χ4n) is 3.91. The summed E-state index contributed by atoms with van der Waals surface area (Å²) in [6, 6.07) is 11.5. The number of aromatic nitrogens is 4. The van der Waals surface area contributed by atoms with Gasteiger partial charge in [-0.15, -0.1) is 10.2 Å². The van der Waals surface area contributed by atoms with Crippen LogP contribution in [0.3, 0.4) is 0 Å². The highest BCUT2D eigenvalue weighted by molar-refractivity contribution is 5.89. The molecule has 1 aliphatic rings. The number of ether oxygens (including phenoxy) is 1. The molecule has 0 bridgehead atoms. The Balaban J connectivity index is 1.48. The molecule has 1 fully saturated rings. The van der Waals surface area contributed by atoms with Crippen LogP contribution in [0.5, 0.6) is 0 Å². The Morgan fingerprint density at radius 3 is 2.44 bits per heavy atom. The molecule has 34 heavy (non-hydrogen) atoms. The number of nitrogens with one attached hydrogen (secondary N) is 1. The molecule has 1 saturated heterocycles. The zero-order valence-electron chi connectivity index (χ0n) is 18.1. The van der Waals surface area contributed by atoms with E-state index in [1.165, 1.54) is 0 Å². The fraction of sp³-hybridized carbons (Fsp3) is 0.292. The largest absolute Gasteiger partial charge is 0.421 e. The molecule has 5 N–H and O–H groups in total. The lowest BCUT2D eigenvalue weighted by atomic mass is 9.95. The van der Waals surface area contributed by atoms with Gasteiger partial charge in [0.05, 0.1) is 23.9 Å². The lowest BCUT2D eigenvalue weighted by molar-refractivity contribution is -0.214. The van der Waals surface area contributed by atoms with Gasteiger partial charge in [0.15, 0.2) is 0 Å². The normalized spacial score (nSPS) is 24.7. The summed E-state index contributed by atoms with van der Waals surface area (Å²) in [6.07, 6.45) is -4.75. The van der Waals surface area contributed by atoms with Crippen molar-refractivity contribution in [2.75, 3.05) is 6.61 Å². The van der Waals surface area contributed by atoms with E-state index >= 15 is 0 Å². The molecule has 0 spiro atoms. The Kier molecular flexibility index (Phi) is 5.87. The molecule has 3 heterocycles. The molecule has 1 aliphatic heterocycles. The van der Waals surface area contributed by atoms with Gasteiger partial charge in [-0.2, -0.15) is 5.10 Å². The molecule has 2 aromatic carbocycles. The summed E-state index contributed by atoms with van der Waals surface area (Å²) >= 11 is 0. The first-order valence-electron chi connectivity index (χ1n) is 10.6. The van der Waals surface area contributed by atoms with Gasteiger partial charge in [0.25, 0.3) is 0 Å². The smallest absolute Gasteiger partial charge is 0.247 e. The first-order valence-corrected chi connectivity index (χ1v) is 10.6. The molecule has 5 rings (SSSR count). The van der Waals surface area contributed by atoms with Crippen LogP contribution in [0.1, 0.15) is 11.5 Å². The molecule has 10 heteroatoms. The second-order valence-corrected chi connectivity index (χ2v) is 8.08. The molecule has 4 unspecified atom stereocenters. The van der Waals surface area contributed by atoms with E-state index < -0.39 is 37.1 Å². The van der Waals surface area contributed by atoms with Gasteiger partial charge in [0.2, 0.25) is 11.8 Å². The third-order valence-electron chi connectivity index (χ3n) is 5.78. The van der Waals surface area contributed by atoms with Crippen LogP contribution in [0.2, 0.25) is 0 Å². The summed E-state index contributed by atoms with van der Waals surface area (Å²) in [4.78, 5) is 0. The van der Waals surface area contributed by atoms with Gasteiger partial charge in [0, 0.05) is 17.9 Å². The number of fused-ring (bicyclic) bond motifs is 1. The summed E-state index contributed by atoms with van der Waals surface area (Å²) in [5.74, 6) is 6.74. The summed E-state index contributed by atoms with van der Waals surface area (Å²) in [6.45, 7) is 1.22. The van der Waals surface area contributed by atoms with Crippen molar-refractivity contribution in [3.8, 4) is 34.4 Å². The molecular formula is C24H22N4O6. The second-order valence-electron chi connectivity index (χ2n) is 8.08. The van der Waals surface area contributed by atoms with E-state index in [4.69, 9.17) is 9.15 Å². The number of hydrogen-bond donors (Lipinski definition) is 5. The predicted octanol–water partition coefficient (Wildman–Crippen LogP) is 0.782. The first-order chi connectivity index (χ1) is 16.4. The average molecular weight is 462 g/mol. The average Bonchev–Trinajstić information content (AvgIpc) is 3.51. The monoisotopic (exact) mass is 462 g/mol. The number of aliphatic hydroxyl groups is 4. The molecule has 0 saturated carbocycles. The maximum atomic E-state index is 10.3. The zero-order chi connectivity index (χ0) is 23.8. The number of hydrogen-bond acceptors (Lipinski definition) is 9. The Bertz CT molecular complexity index is 1370. The number of aromatic amines is 1. The quantitative estimate of drug-likeness (QED) is 0.278. The molecule has 0 amide bonds. The molecule has 174 valence electrons. The van der Waals surface area contributed by atoms with Crippen LogP contribution in [-0.2, 0) is 4.74 Å². The number of benzene rings is 2. The third-order valence-corrected chi connectivity index (χ3v) is 5.78. The van der Waals surface area contributed by atoms with Crippen LogP contribution in [-0.4, -0.2) is 77.9 Å². The minimum Gasteiger partial charge on any atom is -0.421 e. The van der Waals surface area contributed by atoms with Crippen molar-refractivity contribution in [3.63, 3.8) is 0 Å². The summed E-state index contributed by atoms with van der Waals surface area (Å²) in [5, 5.41) is 55.4. The SMILES string of the molecule is Cc1nnc(-c2ccc(-c3cc(C#CC4OC(CO)[C@@H](O)C(O)C4O)c4[nH]ncc4c3)cc2)o1. The van der Waals surface area contributed by atoms with Crippen molar-refractivity contribution in [2.24, 2.45) is 0 Å². The van der Waals surface area contributed by atoms with Gasteiger partial charge in [-0.25, -0.2) is 0 Å². The minimum absolute atomic E-state index is 0.445. The van der Waals surface area contributed by atoms with Crippen LogP contribution >= 0.6 is 0 Å². The summed E-state index contributed by atoms with van der Waals surface area (Å²) in [5.41, 5.74) is 3.94. The van der Waals surface area contributed by atoms with E-state index in [1.54, 1.807) is 13.1 Å². The molecular weight excluding hydrogens is 440 g/mol. The number of nitrogens with zero attached hydrogens (tertiary/aromatic N) is 3. The van der Waals surface area contributed by atoms with Gasteiger partial charge >= 0.3 is 0 Å². The third kappa shape index (κ3) is 4.07. The highest BCUT2D eigenvalue weighted by Gasteiger charge is 2.42. The van der Waals surface area contributed by atoms with E-state index in [2.05, 4.69) is 32.2 Å².